The Hall–Kier alpha value is -4.08. The highest BCUT2D eigenvalue weighted by Gasteiger charge is 2.41. The van der Waals surface area contributed by atoms with E-state index in [1.165, 1.54) is 16.7 Å². The summed E-state index contributed by atoms with van der Waals surface area (Å²) in [7, 11) is 0. The molecular formula is C28H21N3O2S. The Bertz CT molecular complexity index is 1460. The average molecular weight is 464 g/mol. The number of hydrogen-bond donors (Lipinski definition) is 1. The molecule has 1 aromatic heterocycles. The average Bonchev–Trinajstić information content (AvgIpc) is 3.43. The number of carbonyl (C=O) groups excluding carboxylic acids is 2. The number of aromatic nitrogens is 1. The maximum atomic E-state index is 13.6. The van der Waals surface area contributed by atoms with Gasteiger partial charge in [-0.15, -0.1) is 0 Å². The predicted molar refractivity (Wildman–Crippen MR) is 135 cm³/mol. The normalized spacial score (nSPS) is 17.1. The van der Waals surface area contributed by atoms with Crippen molar-refractivity contribution in [2.75, 3.05) is 4.90 Å². The number of nitriles is 1. The van der Waals surface area contributed by atoms with Crippen molar-refractivity contribution in [1.29, 1.82) is 5.26 Å². The number of aromatic amines is 1. The van der Waals surface area contributed by atoms with E-state index in [4.69, 9.17) is 0 Å². The van der Waals surface area contributed by atoms with E-state index >= 15 is 0 Å². The number of ketones is 1. The second-order valence-electron chi connectivity index (χ2n) is 8.17. The molecule has 5 nitrogen and oxygen atoms in total. The Labute approximate surface area is 201 Å². The molecule has 0 bridgehead atoms. The van der Waals surface area contributed by atoms with Crippen LogP contribution in [0.1, 0.15) is 21.5 Å². The van der Waals surface area contributed by atoms with Crippen LogP contribution >= 0.6 is 11.8 Å². The number of H-pyrrole nitrogens is 1. The van der Waals surface area contributed by atoms with Gasteiger partial charge >= 0.3 is 0 Å². The highest BCUT2D eigenvalue weighted by molar-refractivity contribution is 8.05. The Morgan fingerprint density at radius 1 is 1.03 bits per heavy atom. The summed E-state index contributed by atoms with van der Waals surface area (Å²) in [6, 6.07) is 26.8. The molecule has 0 spiro atoms. The molecule has 166 valence electrons. The SMILES string of the molecule is Cc1ccc(C[C@H]2S/C(=C(\C#N)C(=O)c3c[nH]c4ccccc34)N(c3ccccc3)C2=O)cc1. The van der Waals surface area contributed by atoms with E-state index in [1.807, 2.05) is 85.8 Å². The number of amides is 1. The van der Waals surface area contributed by atoms with Gasteiger partial charge in [0.15, 0.2) is 0 Å². The van der Waals surface area contributed by atoms with Crippen molar-refractivity contribution < 1.29 is 9.59 Å². The number of fused-ring (bicyclic) bond motifs is 1. The number of hydrogen-bond acceptors (Lipinski definition) is 4. The zero-order valence-electron chi connectivity index (χ0n) is 18.5. The molecule has 1 fully saturated rings. The number of thioether (sulfide) groups is 1. The number of carbonyl (C=O) groups is 2. The topological polar surface area (TPSA) is 77.0 Å². The summed E-state index contributed by atoms with van der Waals surface area (Å²) in [5.74, 6) is -0.529. The fourth-order valence-electron chi connectivity index (χ4n) is 4.13. The molecule has 0 aliphatic carbocycles. The first kappa shape index (κ1) is 21.7. The number of benzene rings is 3. The van der Waals surface area contributed by atoms with Gasteiger partial charge in [-0.2, -0.15) is 5.26 Å². The lowest BCUT2D eigenvalue weighted by Crippen LogP contribution is -2.30. The van der Waals surface area contributed by atoms with E-state index in [-0.39, 0.29) is 11.5 Å². The fraction of sp³-hybridized carbons (Fsp3) is 0.107. The molecule has 3 aromatic carbocycles. The molecule has 1 atom stereocenters. The van der Waals surface area contributed by atoms with Crippen molar-refractivity contribution in [3.63, 3.8) is 0 Å². The number of para-hydroxylation sites is 2. The van der Waals surface area contributed by atoms with Gasteiger partial charge in [0.2, 0.25) is 11.7 Å². The van der Waals surface area contributed by atoms with Crippen LogP contribution in [0.25, 0.3) is 10.9 Å². The van der Waals surface area contributed by atoms with Crippen molar-refractivity contribution >= 4 is 40.0 Å². The second-order valence-corrected chi connectivity index (χ2v) is 9.37. The lowest BCUT2D eigenvalue weighted by atomic mass is 10.0. The van der Waals surface area contributed by atoms with Gasteiger partial charge in [0, 0.05) is 28.4 Å². The van der Waals surface area contributed by atoms with E-state index in [0.29, 0.717) is 22.7 Å². The molecule has 5 rings (SSSR count). The second kappa shape index (κ2) is 9.05. The summed E-state index contributed by atoms with van der Waals surface area (Å²) in [5, 5.41) is 10.8. The van der Waals surface area contributed by atoms with E-state index in [1.54, 1.807) is 6.20 Å². The van der Waals surface area contributed by atoms with Gasteiger partial charge in [0.25, 0.3) is 0 Å². The monoisotopic (exact) mass is 463 g/mol. The number of Topliss-reactive ketones (excluding diaryl/α,β-unsaturated/α-hetero) is 1. The highest BCUT2D eigenvalue weighted by Crippen LogP contribution is 2.42. The minimum Gasteiger partial charge on any atom is -0.360 e. The van der Waals surface area contributed by atoms with Crippen molar-refractivity contribution in [1.82, 2.24) is 4.98 Å². The summed E-state index contributed by atoms with van der Waals surface area (Å²) < 4.78 is 0. The smallest absolute Gasteiger partial charge is 0.245 e. The number of rotatable bonds is 5. The standard InChI is InChI=1S/C28H21N3O2S/c1-18-11-13-19(14-12-18)15-25-27(33)31(20-7-3-2-4-8-20)28(34-25)22(16-29)26(32)23-17-30-24-10-6-5-9-21(23)24/h2-14,17,25,30H,15H2,1H3/b28-22+/t25-/m1/s1. The summed E-state index contributed by atoms with van der Waals surface area (Å²) in [6.07, 6.45) is 2.14. The molecule has 1 aliphatic heterocycles. The minimum atomic E-state index is -0.433. The van der Waals surface area contributed by atoms with E-state index in [2.05, 4.69) is 11.1 Å². The molecule has 0 unspecified atom stereocenters. The first-order valence-electron chi connectivity index (χ1n) is 10.9. The van der Waals surface area contributed by atoms with Crippen LogP contribution in [0.3, 0.4) is 0 Å². The number of nitrogens with one attached hydrogen (secondary N) is 1. The van der Waals surface area contributed by atoms with Crippen LogP contribution in [0.4, 0.5) is 5.69 Å². The zero-order valence-corrected chi connectivity index (χ0v) is 19.3. The van der Waals surface area contributed by atoms with Crippen LogP contribution in [-0.2, 0) is 11.2 Å². The van der Waals surface area contributed by atoms with Gasteiger partial charge < -0.3 is 4.98 Å². The third kappa shape index (κ3) is 3.91. The predicted octanol–water partition coefficient (Wildman–Crippen LogP) is 5.79. The molecule has 0 saturated carbocycles. The summed E-state index contributed by atoms with van der Waals surface area (Å²) in [4.78, 5) is 31.8. The van der Waals surface area contributed by atoms with Crippen LogP contribution in [0.15, 0.2) is 95.7 Å². The van der Waals surface area contributed by atoms with Crippen LogP contribution in [0.5, 0.6) is 0 Å². The van der Waals surface area contributed by atoms with Gasteiger partial charge in [-0.3, -0.25) is 14.5 Å². The first-order valence-corrected chi connectivity index (χ1v) is 11.8. The zero-order chi connectivity index (χ0) is 23.7. The van der Waals surface area contributed by atoms with Gasteiger partial charge in [0.1, 0.15) is 16.7 Å². The van der Waals surface area contributed by atoms with Crippen LogP contribution < -0.4 is 4.90 Å². The van der Waals surface area contributed by atoms with E-state index in [0.717, 1.165) is 22.0 Å². The summed E-state index contributed by atoms with van der Waals surface area (Å²) in [6.45, 7) is 2.02. The van der Waals surface area contributed by atoms with Gasteiger partial charge in [-0.25, -0.2) is 0 Å². The third-order valence-electron chi connectivity index (χ3n) is 5.90. The van der Waals surface area contributed by atoms with Gasteiger partial charge in [-0.05, 0) is 37.1 Å². The molecule has 0 radical (unpaired) electrons. The van der Waals surface area contributed by atoms with Crippen LogP contribution in [0, 0.1) is 18.3 Å². The molecule has 6 heteroatoms. The van der Waals surface area contributed by atoms with E-state index in [9.17, 15) is 14.9 Å². The van der Waals surface area contributed by atoms with Crippen molar-refractivity contribution in [3.05, 3.63) is 112 Å². The third-order valence-corrected chi connectivity index (χ3v) is 7.16. The Kier molecular flexibility index (Phi) is 5.79. The largest absolute Gasteiger partial charge is 0.360 e. The van der Waals surface area contributed by atoms with E-state index < -0.39 is 11.0 Å². The Morgan fingerprint density at radius 2 is 1.74 bits per heavy atom. The van der Waals surface area contributed by atoms with Crippen LogP contribution in [-0.4, -0.2) is 21.9 Å². The first-order chi connectivity index (χ1) is 16.6. The fourth-order valence-corrected chi connectivity index (χ4v) is 5.44. The lowest BCUT2D eigenvalue weighted by molar-refractivity contribution is -0.117. The molecular weight excluding hydrogens is 442 g/mol. The van der Waals surface area contributed by atoms with Crippen molar-refractivity contribution in [3.8, 4) is 6.07 Å². The molecule has 1 saturated heterocycles. The summed E-state index contributed by atoms with van der Waals surface area (Å²) >= 11 is 1.29. The van der Waals surface area contributed by atoms with Crippen LogP contribution in [0.2, 0.25) is 0 Å². The maximum absolute atomic E-state index is 13.6. The number of aryl methyl sites for hydroxylation is 1. The summed E-state index contributed by atoms with van der Waals surface area (Å²) in [5.41, 5.74) is 4.03. The quantitative estimate of drug-likeness (QED) is 0.231. The molecule has 1 aliphatic rings. The highest BCUT2D eigenvalue weighted by atomic mass is 32.2. The molecule has 4 aromatic rings. The molecule has 2 heterocycles. The Balaban J connectivity index is 1.59. The van der Waals surface area contributed by atoms with Crippen molar-refractivity contribution in [2.24, 2.45) is 0 Å². The number of allylic oxidation sites excluding steroid dienone is 1. The van der Waals surface area contributed by atoms with Crippen molar-refractivity contribution in [2.45, 2.75) is 18.6 Å². The molecule has 1 N–H and O–H groups in total. The number of anilines is 1. The number of nitrogens with zero attached hydrogens (tertiary/aromatic N) is 2. The molecule has 34 heavy (non-hydrogen) atoms. The van der Waals surface area contributed by atoms with Gasteiger partial charge in [-0.1, -0.05) is 78.0 Å². The molecule has 1 amide bonds. The lowest BCUT2D eigenvalue weighted by Gasteiger charge is -2.18. The minimum absolute atomic E-state index is 0.0293. The van der Waals surface area contributed by atoms with Gasteiger partial charge in [0.05, 0.1) is 5.25 Å². The Morgan fingerprint density at radius 3 is 2.47 bits per heavy atom. The maximum Gasteiger partial charge on any atom is 0.245 e.